The minimum atomic E-state index is -0.834. The molecule has 0 unspecified atom stereocenters. The van der Waals surface area contributed by atoms with Crippen LogP contribution in [0.25, 0.3) is 6.08 Å². The lowest BCUT2D eigenvalue weighted by Gasteiger charge is -2.41. The van der Waals surface area contributed by atoms with Gasteiger partial charge < -0.3 is 24.8 Å². The number of nitrogens with zero attached hydrogens (tertiary/aromatic N) is 3. The molecular formula is C31H41N5O5. The Morgan fingerprint density at radius 2 is 1.80 bits per heavy atom. The Kier molecular flexibility index (Phi) is 9.19. The Balaban J connectivity index is 1.25. The first-order valence-corrected chi connectivity index (χ1v) is 14.8. The van der Waals surface area contributed by atoms with E-state index in [-0.39, 0.29) is 28.9 Å². The fourth-order valence-electron chi connectivity index (χ4n) is 6.10. The molecule has 0 bridgehead atoms. The molecule has 1 aromatic carbocycles. The van der Waals surface area contributed by atoms with Gasteiger partial charge >= 0.3 is 0 Å². The highest BCUT2D eigenvalue weighted by Crippen LogP contribution is 2.43. The maximum Gasteiger partial charge on any atom is 0.290 e. The molecule has 0 saturated carbocycles. The first kappa shape index (κ1) is 29.0. The van der Waals surface area contributed by atoms with Crippen LogP contribution < -0.4 is 10.6 Å². The summed E-state index contributed by atoms with van der Waals surface area (Å²) in [4.78, 5) is 44.5. The Hall–Kier alpha value is -3.50. The molecule has 10 heteroatoms. The first-order chi connectivity index (χ1) is 19.9. The molecule has 1 spiro atoms. The predicted octanol–water partition coefficient (Wildman–Crippen LogP) is 2.61. The largest absolute Gasteiger partial charge is 0.379 e. The molecule has 2 aliphatic heterocycles. The third-order valence-corrected chi connectivity index (χ3v) is 8.94. The van der Waals surface area contributed by atoms with E-state index in [1.54, 1.807) is 0 Å². The van der Waals surface area contributed by atoms with Gasteiger partial charge in [-0.2, -0.15) is 0 Å². The summed E-state index contributed by atoms with van der Waals surface area (Å²) in [6, 6.07) is 8.42. The number of carbonyl (C=O) groups is 3. The van der Waals surface area contributed by atoms with Crippen molar-refractivity contribution in [2.75, 3.05) is 45.9 Å². The van der Waals surface area contributed by atoms with Crippen LogP contribution in [0.5, 0.6) is 0 Å². The SMILES string of the molecule is CC[C@H](C)[C@H](NC(=O)[C@H](CCN1CCOCC1)NC(=O)c1ccno1)C(=O)N1CCC2(C=Cc3ccccc32)CC1. The number of morpholine rings is 1. The summed E-state index contributed by atoms with van der Waals surface area (Å²) >= 11 is 0. The summed E-state index contributed by atoms with van der Waals surface area (Å²) in [5.74, 6) is -0.979. The third-order valence-electron chi connectivity index (χ3n) is 8.94. The van der Waals surface area contributed by atoms with Gasteiger partial charge in [0.1, 0.15) is 12.1 Å². The average molecular weight is 564 g/mol. The van der Waals surface area contributed by atoms with Crippen molar-refractivity contribution < 1.29 is 23.6 Å². The zero-order chi connectivity index (χ0) is 28.8. The van der Waals surface area contributed by atoms with E-state index in [9.17, 15) is 14.4 Å². The van der Waals surface area contributed by atoms with E-state index in [4.69, 9.17) is 9.26 Å². The lowest BCUT2D eigenvalue weighted by molar-refractivity contribution is -0.139. The number of rotatable bonds is 10. The number of hydrogen-bond donors (Lipinski definition) is 2. The molecular weight excluding hydrogens is 522 g/mol. The molecule has 3 aliphatic rings. The summed E-state index contributed by atoms with van der Waals surface area (Å²) in [7, 11) is 0. The van der Waals surface area contributed by atoms with Gasteiger partial charge in [0.15, 0.2) is 0 Å². The van der Waals surface area contributed by atoms with Crippen molar-refractivity contribution in [1.29, 1.82) is 0 Å². The van der Waals surface area contributed by atoms with E-state index in [1.165, 1.54) is 23.4 Å². The van der Waals surface area contributed by atoms with Gasteiger partial charge in [-0.05, 0) is 36.3 Å². The number of fused-ring (bicyclic) bond motifs is 2. The van der Waals surface area contributed by atoms with Gasteiger partial charge in [0.2, 0.25) is 17.6 Å². The fraction of sp³-hybridized carbons (Fsp3) is 0.548. The zero-order valence-corrected chi connectivity index (χ0v) is 24.0. The fourth-order valence-corrected chi connectivity index (χ4v) is 6.10. The molecule has 3 amide bonds. The van der Waals surface area contributed by atoms with Crippen LogP contribution in [-0.2, 0) is 19.7 Å². The van der Waals surface area contributed by atoms with E-state index in [0.29, 0.717) is 39.3 Å². The molecule has 1 aliphatic carbocycles. The van der Waals surface area contributed by atoms with Gasteiger partial charge in [0.05, 0.1) is 19.4 Å². The summed E-state index contributed by atoms with van der Waals surface area (Å²) < 4.78 is 10.4. The number of benzene rings is 1. The summed E-state index contributed by atoms with van der Waals surface area (Å²) in [5.41, 5.74) is 2.56. The van der Waals surface area contributed by atoms with E-state index in [1.807, 2.05) is 18.7 Å². The van der Waals surface area contributed by atoms with Crippen molar-refractivity contribution >= 4 is 23.8 Å². The smallest absolute Gasteiger partial charge is 0.290 e. The second kappa shape index (κ2) is 13.0. The monoisotopic (exact) mass is 563 g/mol. The maximum absolute atomic E-state index is 13.9. The normalized spacial score (nSPS) is 20.3. The number of carbonyl (C=O) groups excluding carboxylic acids is 3. The first-order valence-electron chi connectivity index (χ1n) is 14.8. The van der Waals surface area contributed by atoms with Crippen molar-refractivity contribution in [1.82, 2.24) is 25.6 Å². The highest BCUT2D eigenvalue weighted by atomic mass is 16.5. The minimum Gasteiger partial charge on any atom is -0.379 e. The second-order valence-electron chi connectivity index (χ2n) is 11.4. The Morgan fingerprint density at radius 3 is 2.51 bits per heavy atom. The quantitative estimate of drug-likeness (QED) is 0.456. The van der Waals surface area contributed by atoms with Crippen LogP contribution in [0.15, 0.2) is 47.1 Å². The standard InChI is InChI=1S/C31H41N5O5/c1-3-22(2)27(30(39)36-16-12-31(13-17-36)11-8-23-6-4-5-7-24(23)31)34-28(37)25(10-15-35-18-20-40-21-19-35)33-29(38)26-9-14-32-41-26/h4-9,11,14,22,25,27H,3,10,12-13,15-21H2,1-2H3,(H,33,38)(H,34,37)/t22-,25-,27-/m0/s1. The maximum atomic E-state index is 13.9. The van der Waals surface area contributed by atoms with Crippen LogP contribution in [0.1, 0.15) is 61.2 Å². The van der Waals surface area contributed by atoms with Crippen molar-refractivity contribution in [2.45, 2.75) is 57.0 Å². The highest BCUT2D eigenvalue weighted by molar-refractivity contribution is 5.96. The van der Waals surface area contributed by atoms with Gasteiger partial charge in [0.25, 0.3) is 5.91 Å². The zero-order valence-electron chi connectivity index (χ0n) is 24.0. The molecule has 2 saturated heterocycles. The molecule has 3 heterocycles. The summed E-state index contributed by atoms with van der Waals surface area (Å²) in [6.07, 6.45) is 8.70. The second-order valence-corrected chi connectivity index (χ2v) is 11.4. The van der Waals surface area contributed by atoms with E-state index < -0.39 is 18.0 Å². The molecule has 1 aromatic heterocycles. The third kappa shape index (κ3) is 6.54. The number of amides is 3. The lowest BCUT2D eigenvalue weighted by Crippen LogP contribution is -2.58. The molecule has 5 rings (SSSR count). The molecule has 2 fully saturated rings. The molecule has 220 valence electrons. The van der Waals surface area contributed by atoms with Crippen molar-refractivity contribution in [2.24, 2.45) is 5.92 Å². The molecule has 2 aromatic rings. The van der Waals surface area contributed by atoms with Crippen molar-refractivity contribution in [3.8, 4) is 0 Å². The Labute approximate surface area is 241 Å². The average Bonchev–Trinajstić information content (AvgIpc) is 3.68. The van der Waals surface area contributed by atoms with E-state index in [2.05, 4.69) is 57.1 Å². The summed E-state index contributed by atoms with van der Waals surface area (Å²) in [6.45, 7) is 8.71. The topological polar surface area (TPSA) is 117 Å². The molecule has 10 nitrogen and oxygen atoms in total. The molecule has 3 atom stereocenters. The van der Waals surface area contributed by atoms with Gasteiger partial charge in [-0.1, -0.05) is 61.8 Å². The lowest BCUT2D eigenvalue weighted by atomic mass is 9.74. The number of aromatic nitrogens is 1. The van der Waals surface area contributed by atoms with Gasteiger partial charge in [-0.25, -0.2) is 0 Å². The van der Waals surface area contributed by atoms with Crippen LogP contribution >= 0.6 is 0 Å². The van der Waals surface area contributed by atoms with E-state index >= 15 is 0 Å². The minimum absolute atomic E-state index is 0.0297. The molecule has 0 radical (unpaired) electrons. The number of hydrogen-bond acceptors (Lipinski definition) is 7. The number of ether oxygens (including phenoxy) is 1. The van der Waals surface area contributed by atoms with Crippen LogP contribution in [0.2, 0.25) is 0 Å². The number of allylic oxidation sites excluding steroid dienone is 1. The number of piperidine rings is 1. The van der Waals surface area contributed by atoms with Crippen LogP contribution in [-0.4, -0.2) is 90.7 Å². The molecule has 2 N–H and O–H groups in total. The van der Waals surface area contributed by atoms with E-state index in [0.717, 1.165) is 32.4 Å². The number of likely N-dealkylation sites (tertiary alicyclic amines) is 1. The van der Waals surface area contributed by atoms with Crippen molar-refractivity contribution in [3.05, 3.63) is 59.5 Å². The predicted molar refractivity (Wildman–Crippen MR) is 154 cm³/mol. The summed E-state index contributed by atoms with van der Waals surface area (Å²) in [5, 5.41) is 9.44. The van der Waals surface area contributed by atoms with Gasteiger partial charge in [-0.15, -0.1) is 0 Å². The van der Waals surface area contributed by atoms with Crippen LogP contribution in [0, 0.1) is 5.92 Å². The van der Waals surface area contributed by atoms with Gasteiger partial charge in [-0.3, -0.25) is 19.3 Å². The van der Waals surface area contributed by atoms with Crippen LogP contribution in [0.4, 0.5) is 0 Å². The number of nitrogens with one attached hydrogen (secondary N) is 2. The van der Waals surface area contributed by atoms with Crippen LogP contribution in [0.3, 0.4) is 0 Å². The molecule has 41 heavy (non-hydrogen) atoms. The van der Waals surface area contributed by atoms with Gasteiger partial charge in [0, 0.05) is 44.2 Å². The van der Waals surface area contributed by atoms with Crippen molar-refractivity contribution in [3.63, 3.8) is 0 Å². The Bertz CT molecular complexity index is 1230. The Morgan fingerprint density at radius 1 is 1.05 bits per heavy atom. The highest BCUT2D eigenvalue weighted by Gasteiger charge is 2.41.